The van der Waals surface area contributed by atoms with Crippen molar-refractivity contribution in [1.29, 1.82) is 0 Å². The van der Waals surface area contributed by atoms with Crippen molar-refractivity contribution >= 4 is 0 Å². The lowest BCUT2D eigenvalue weighted by Gasteiger charge is -2.44. The lowest BCUT2D eigenvalue weighted by Crippen LogP contribution is -2.58. The molecule has 1 saturated heterocycles. The molecular formula is C19H30N2. The van der Waals surface area contributed by atoms with Gasteiger partial charge in [0.15, 0.2) is 0 Å². The second kappa shape index (κ2) is 7.42. The summed E-state index contributed by atoms with van der Waals surface area (Å²) >= 11 is 0. The topological polar surface area (TPSA) is 15.3 Å². The van der Waals surface area contributed by atoms with Gasteiger partial charge in [-0.15, -0.1) is 0 Å². The highest BCUT2D eigenvalue weighted by Crippen LogP contribution is 2.30. The van der Waals surface area contributed by atoms with E-state index in [0.29, 0.717) is 6.04 Å². The van der Waals surface area contributed by atoms with Gasteiger partial charge in [0.2, 0.25) is 0 Å². The number of piperazine rings is 1. The van der Waals surface area contributed by atoms with Gasteiger partial charge in [0.25, 0.3) is 0 Å². The molecule has 2 atom stereocenters. The van der Waals surface area contributed by atoms with Gasteiger partial charge in [-0.25, -0.2) is 0 Å². The molecule has 0 aromatic heterocycles. The first kappa shape index (κ1) is 15.1. The third-order valence-electron chi connectivity index (χ3n) is 5.38. The fraction of sp³-hybridized carbons (Fsp3) is 0.684. The first-order valence-corrected chi connectivity index (χ1v) is 8.84. The number of hydrogen-bond donors (Lipinski definition) is 1. The van der Waals surface area contributed by atoms with Crippen molar-refractivity contribution in [2.24, 2.45) is 5.92 Å². The molecule has 0 bridgehead atoms. The van der Waals surface area contributed by atoms with Crippen molar-refractivity contribution in [3.05, 3.63) is 35.9 Å². The van der Waals surface area contributed by atoms with Gasteiger partial charge >= 0.3 is 0 Å². The van der Waals surface area contributed by atoms with Gasteiger partial charge < -0.3 is 5.32 Å². The summed E-state index contributed by atoms with van der Waals surface area (Å²) in [5.41, 5.74) is 1.48. The molecule has 2 heteroatoms. The summed E-state index contributed by atoms with van der Waals surface area (Å²) in [6.45, 7) is 5.96. The van der Waals surface area contributed by atoms with E-state index in [-0.39, 0.29) is 0 Å². The first-order valence-electron chi connectivity index (χ1n) is 8.84. The summed E-state index contributed by atoms with van der Waals surface area (Å²) in [4.78, 5) is 2.78. The highest BCUT2D eigenvalue weighted by molar-refractivity contribution is 5.15. The largest absolute Gasteiger partial charge is 0.311 e. The summed E-state index contributed by atoms with van der Waals surface area (Å²) in [5.74, 6) is 0.925. The van der Waals surface area contributed by atoms with Crippen molar-refractivity contribution in [3.63, 3.8) is 0 Å². The smallest absolute Gasteiger partial charge is 0.0249 e. The van der Waals surface area contributed by atoms with E-state index < -0.39 is 0 Å². The molecule has 2 aliphatic rings. The average molecular weight is 286 g/mol. The zero-order valence-corrected chi connectivity index (χ0v) is 13.4. The van der Waals surface area contributed by atoms with Crippen molar-refractivity contribution < 1.29 is 0 Å². The second-order valence-corrected chi connectivity index (χ2v) is 7.01. The maximum absolute atomic E-state index is 3.72. The fourth-order valence-electron chi connectivity index (χ4n) is 4.16. The predicted octanol–water partition coefficient (Wildman–Crippen LogP) is 3.47. The maximum atomic E-state index is 3.72. The Kier molecular flexibility index (Phi) is 5.32. The van der Waals surface area contributed by atoms with E-state index >= 15 is 0 Å². The van der Waals surface area contributed by atoms with Crippen LogP contribution in [0.1, 0.15) is 44.6 Å². The maximum Gasteiger partial charge on any atom is 0.0249 e. The zero-order valence-electron chi connectivity index (χ0n) is 13.4. The molecule has 1 aromatic carbocycles. The van der Waals surface area contributed by atoms with Gasteiger partial charge in [0, 0.05) is 31.7 Å². The predicted molar refractivity (Wildman–Crippen MR) is 89.5 cm³/mol. The number of nitrogens with one attached hydrogen (secondary N) is 1. The van der Waals surface area contributed by atoms with Crippen molar-refractivity contribution in [2.45, 2.75) is 57.5 Å². The molecule has 3 rings (SSSR count). The van der Waals surface area contributed by atoms with Crippen LogP contribution >= 0.6 is 0 Å². The Bertz CT molecular complexity index is 411. The van der Waals surface area contributed by atoms with E-state index in [0.717, 1.165) is 12.0 Å². The van der Waals surface area contributed by atoms with Gasteiger partial charge in [-0.3, -0.25) is 4.90 Å². The molecule has 21 heavy (non-hydrogen) atoms. The first-order chi connectivity index (χ1) is 10.3. The van der Waals surface area contributed by atoms with Gasteiger partial charge in [-0.1, -0.05) is 49.6 Å². The van der Waals surface area contributed by atoms with E-state index in [9.17, 15) is 0 Å². The highest BCUT2D eigenvalue weighted by atomic mass is 15.2. The number of nitrogens with zero attached hydrogens (tertiary/aromatic N) is 1. The molecule has 116 valence electrons. The lowest BCUT2D eigenvalue weighted by atomic mass is 9.82. The van der Waals surface area contributed by atoms with E-state index in [1.807, 2.05) is 0 Å². The minimum Gasteiger partial charge on any atom is -0.311 e. The molecule has 2 unspecified atom stereocenters. The Labute approximate surface area is 129 Å². The molecular weight excluding hydrogens is 256 g/mol. The minimum atomic E-state index is 0.639. The summed E-state index contributed by atoms with van der Waals surface area (Å²) < 4.78 is 0. The van der Waals surface area contributed by atoms with Crippen LogP contribution in [-0.4, -0.2) is 36.6 Å². The normalized spacial score (nSPS) is 28.6. The Hall–Kier alpha value is -0.860. The van der Waals surface area contributed by atoms with Crippen LogP contribution in [-0.2, 0) is 6.42 Å². The number of rotatable bonds is 4. The fourth-order valence-corrected chi connectivity index (χ4v) is 4.16. The van der Waals surface area contributed by atoms with E-state index in [2.05, 4.69) is 47.5 Å². The Morgan fingerprint density at radius 1 is 1.10 bits per heavy atom. The van der Waals surface area contributed by atoms with Crippen LogP contribution < -0.4 is 5.32 Å². The van der Waals surface area contributed by atoms with E-state index in [4.69, 9.17) is 0 Å². The summed E-state index contributed by atoms with van der Waals surface area (Å²) in [6, 6.07) is 12.4. The van der Waals surface area contributed by atoms with Gasteiger partial charge in [0.1, 0.15) is 0 Å². The van der Waals surface area contributed by atoms with Crippen LogP contribution in [0.3, 0.4) is 0 Å². The standard InChI is InChI=1S/C19H30N2/c1-16-15-21(13-12-17-8-4-2-5-9-17)19(14-20-16)18-10-6-3-7-11-18/h2,4-5,8-9,16,18-20H,3,6-7,10-15H2,1H3. The lowest BCUT2D eigenvalue weighted by molar-refractivity contribution is 0.0764. The summed E-state index contributed by atoms with van der Waals surface area (Å²) in [7, 11) is 0. The SMILES string of the molecule is CC1CN(CCc2ccccc2)C(C2CCCCC2)CN1. The van der Waals surface area contributed by atoms with Crippen molar-refractivity contribution in [3.8, 4) is 0 Å². The van der Waals surface area contributed by atoms with Crippen LogP contribution in [0, 0.1) is 5.92 Å². The minimum absolute atomic E-state index is 0.639. The molecule has 0 spiro atoms. The summed E-state index contributed by atoms with van der Waals surface area (Å²) in [5, 5.41) is 3.72. The molecule has 2 fully saturated rings. The molecule has 1 heterocycles. The van der Waals surface area contributed by atoms with Crippen LogP contribution in [0.4, 0.5) is 0 Å². The van der Waals surface area contributed by atoms with Gasteiger partial charge in [0.05, 0.1) is 0 Å². The number of benzene rings is 1. The third-order valence-corrected chi connectivity index (χ3v) is 5.38. The zero-order chi connectivity index (χ0) is 14.5. The second-order valence-electron chi connectivity index (χ2n) is 7.01. The van der Waals surface area contributed by atoms with Crippen LogP contribution in [0.15, 0.2) is 30.3 Å². The Morgan fingerprint density at radius 2 is 1.86 bits per heavy atom. The molecule has 1 aromatic rings. The molecule has 1 N–H and O–H groups in total. The monoisotopic (exact) mass is 286 g/mol. The van der Waals surface area contributed by atoms with Crippen molar-refractivity contribution in [1.82, 2.24) is 10.2 Å². The van der Waals surface area contributed by atoms with Gasteiger partial charge in [-0.2, -0.15) is 0 Å². The van der Waals surface area contributed by atoms with Crippen molar-refractivity contribution in [2.75, 3.05) is 19.6 Å². The molecule has 0 amide bonds. The Balaban J connectivity index is 1.60. The summed E-state index contributed by atoms with van der Waals surface area (Å²) in [6.07, 6.45) is 8.44. The van der Waals surface area contributed by atoms with Crippen LogP contribution in [0.2, 0.25) is 0 Å². The Morgan fingerprint density at radius 3 is 2.62 bits per heavy atom. The average Bonchev–Trinajstić information content (AvgIpc) is 2.55. The molecule has 2 nitrogen and oxygen atoms in total. The van der Waals surface area contributed by atoms with Crippen LogP contribution in [0.5, 0.6) is 0 Å². The van der Waals surface area contributed by atoms with E-state index in [1.165, 1.54) is 63.7 Å². The van der Waals surface area contributed by atoms with Crippen LogP contribution in [0.25, 0.3) is 0 Å². The van der Waals surface area contributed by atoms with E-state index in [1.54, 1.807) is 0 Å². The molecule has 1 aliphatic heterocycles. The molecule has 1 saturated carbocycles. The highest BCUT2D eigenvalue weighted by Gasteiger charge is 2.32. The number of hydrogen-bond acceptors (Lipinski definition) is 2. The van der Waals surface area contributed by atoms with Gasteiger partial charge in [-0.05, 0) is 37.7 Å². The quantitative estimate of drug-likeness (QED) is 0.911. The third kappa shape index (κ3) is 4.08. The molecule has 0 radical (unpaired) electrons. The molecule has 1 aliphatic carbocycles.